The topological polar surface area (TPSA) is 96.8 Å². The molecule has 2 heterocycles. The number of carbonyl (C=O) groups is 1. The molecule has 0 radical (unpaired) electrons. The van der Waals surface area contributed by atoms with Gasteiger partial charge in [-0.25, -0.2) is 18.2 Å². The van der Waals surface area contributed by atoms with E-state index in [1.54, 1.807) is 23.5 Å². The molecule has 1 saturated heterocycles. The lowest BCUT2D eigenvalue weighted by Crippen LogP contribution is -2.43. The molecule has 146 valence electrons. The van der Waals surface area contributed by atoms with Crippen molar-refractivity contribution in [3.8, 4) is 5.75 Å². The minimum Gasteiger partial charge on any atom is -0.487 e. The first-order valence-corrected chi connectivity index (χ1v) is 11.3. The number of amides is 1. The van der Waals surface area contributed by atoms with Crippen molar-refractivity contribution in [2.24, 2.45) is 0 Å². The Hall–Kier alpha value is -2.13. The highest BCUT2D eigenvalue weighted by molar-refractivity contribution is 7.90. The average Bonchev–Trinajstić information content (AvgIpc) is 3.10. The number of carboxylic acid groups (broad SMARTS) is 1. The molecule has 0 bridgehead atoms. The summed E-state index contributed by atoms with van der Waals surface area (Å²) < 4.78 is 28.7. The van der Waals surface area contributed by atoms with Gasteiger partial charge in [0, 0.05) is 30.1 Å². The van der Waals surface area contributed by atoms with E-state index in [2.05, 4.69) is 11.9 Å². The molecule has 0 spiro atoms. The van der Waals surface area contributed by atoms with Crippen LogP contribution in [0.15, 0.2) is 34.5 Å². The monoisotopic (exact) mass is 410 g/mol. The first kappa shape index (κ1) is 19.6. The molecular weight excluding hydrogens is 388 g/mol. The molecule has 1 aromatic carbocycles. The fourth-order valence-electron chi connectivity index (χ4n) is 3.00. The van der Waals surface area contributed by atoms with E-state index >= 15 is 0 Å². The van der Waals surface area contributed by atoms with E-state index in [9.17, 15) is 13.2 Å². The molecular formula is C18H22N2O5S2. The Balaban J connectivity index is 1.61. The number of thiazole rings is 1. The van der Waals surface area contributed by atoms with Gasteiger partial charge in [0.2, 0.25) is 0 Å². The third-order valence-corrected chi connectivity index (χ3v) is 7.17. The average molecular weight is 411 g/mol. The Morgan fingerprint density at radius 1 is 1.30 bits per heavy atom. The number of sulfone groups is 1. The van der Waals surface area contributed by atoms with Gasteiger partial charge < -0.3 is 14.7 Å². The summed E-state index contributed by atoms with van der Waals surface area (Å²) in [4.78, 5) is 17.4. The van der Waals surface area contributed by atoms with E-state index < -0.39 is 15.9 Å². The lowest BCUT2D eigenvalue weighted by molar-refractivity contribution is 0.119. The van der Waals surface area contributed by atoms with Gasteiger partial charge >= 0.3 is 6.09 Å². The fraction of sp³-hybridized carbons (Fsp3) is 0.444. The maximum atomic E-state index is 11.5. The van der Waals surface area contributed by atoms with E-state index in [1.165, 1.54) is 23.3 Å². The summed E-state index contributed by atoms with van der Waals surface area (Å²) in [5.74, 6) is 0.581. The number of likely N-dealkylation sites (tertiary alicyclic amines) is 1. The molecule has 3 rings (SSSR count). The van der Waals surface area contributed by atoms with Crippen molar-refractivity contribution in [2.75, 3.05) is 19.3 Å². The van der Waals surface area contributed by atoms with Gasteiger partial charge in [0.1, 0.15) is 12.4 Å². The second-order valence-electron chi connectivity index (χ2n) is 7.01. The Kier molecular flexibility index (Phi) is 5.43. The number of rotatable bonds is 5. The van der Waals surface area contributed by atoms with Gasteiger partial charge in [-0.15, -0.1) is 11.3 Å². The van der Waals surface area contributed by atoms with Crippen molar-refractivity contribution < 1.29 is 23.1 Å². The number of aromatic nitrogens is 1. The Bertz CT molecular complexity index is 913. The summed E-state index contributed by atoms with van der Waals surface area (Å²) in [5, 5.41) is 12.0. The molecule has 0 aliphatic carbocycles. The lowest BCUT2D eigenvalue weighted by Gasteiger charge is -2.36. The molecule has 1 amide bonds. The normalized spacial score (nSPS) is 16.9. The SMILES string of the molecule is CC1(c2nc(COc3ccc(S(C)(=O)=O)cc3)cs2)CCN(C(=O)O)CC1. The molecule has 1 fully saturated rings. The van der Waals surface area contributed by atoms with Gasteiger partial charge in [0.05, 0.1) is 15.6 Å². The molecule has 27 heavy (non-hydrogen) atoms. The summed E-state index contributed by atoms with van der Waals surface area (Å²) in [6, 6.07) is 6.31. The standard InChI is InChI=1S/C18H22N2O5S2/c1-18(7-9-20(10-8-18)17(21)22)16-19-13(12-26-16)11-25-14-3-5-15(6-4-14)27(2,23)24/h3-6,12H,7-11H2,1-2H3,(H,21,22). The molecule has 2 aromatic rings. The van der Waals surface area contributed by atoms with E-state index in [1.807, 2.05) is 5.38 Å². The highest BCUT2D eigenvalue weighted by Crippen LogP contribution is 2.37. The Morgan fingerprint density at radius 2 is 1.93 bits per heavy atom. The van der Waals surface area contributed by atoms with Crippen LogP contribution in [0.1, 0.15) is 30.5 Å². The van der Waals surface area contributed by atoms with Crippen molar-refractivity contribution in [1.82, 2.24) is 9.88 Å². The van der Waals surface area contributed by atoms with Gasteiger partial charge in [-0.1, -0.05) is 6.92 Å². The van der Waals surface area contributed by atoms with E-state index in [0.717, 1.165) is 23.5 Å². The Labute approximate surface area is 162 Å². The van der Waals surface area contributed by atoms with E-state index in [-0.39, 0.29) is 10.3 Å². The summed E-state index contributed by atoms with van der Waals surface area (Å²) in [6.45, 7) is 3.46. The number of piperidine rings is 1. The zero-order chi connectivity index (χ0) is 19.7. The minimum atomic E-state index is -3.22. The van der Waals surface area contributed by atoms with Crippen LogP contribution in [-0.2, 0) is 21.9 Å². The number of hydrogen-bond acceptors (Lipinski definition) is 6. The molecule has 0 unspecified atom stereocenters. The van der Waals surface area contributed by atoms with Crippen LogP contribution in [0, 0.1) is 0 Å². The predicted molar refractivity (Wildman–Crippen MR) is 102 cm³/mol. The predicted octanol–water partition coefficient (Wildman–Crippen LogP) is 3.16. The van der Waals surface area contributed by atoms with Crippen LogP contribution in [-0.4, -0.2) is 48.8 Å². The van der Waals surface area contributed by atoms with Crippen LogP contribution >= 0.6 is 11.3 Å². The van der Waals surface area contributed by atoms with Gasteiger partial charge in [0.15, 0.2) is 9.84 Å². The second-order valence-corrected chi connectivity index (χ2v) is 9.88. The van der Waals surface area contributed by atoms with E-state index in [0.29, 0.717) is 25.4 Å². The molecule has 1 N–H and O–H groups in total. The maximum Gasteiger partial charge on any atom is 0.407 e. The molecule has 1 aliphatic heterocycles. The van der Waals surface area contributed by atoms with Crippen LogP contribution in [0.3, 0.4) is 0 Å². The molecule has 0 saturated carbocycles. The quantitative estimate of drug-likeness (QED) is 0.813. The van der Waals surface area contributed by atoms with Crippen LogP contribution in [0.5, 0.6) is 5.75 Å². The first-order valence-electron chi connectivity index (χ1n) is 8.53. The van der Waals surface area contributed by atoms with Crippen LogP contribution in [0.4, 0.5) is 4.79 Å². The van der Waals surface area contributed by atoms with Crippen molar-refractivity contribution in [2.45, 2.75) is 36.7 Å². The first-order chi connectivity index (χ1) is 12.7. The highest BCUT2D eigenvalue weighted by atomic mass is 32.2. The number of nitrogens with zero attached hydrogens (tertiary/aromatic N) is 2. The van der Waals surface area contributed by atoms with Crippen molar-refractivity contribution in [3.05, 3.63) is 40.3 Å². The van der Waals surface area contributed by atoms with Gasteiger partial charge in [-0.2, -0.15) is 0 Å². The van der Waals surface area contributed by atoms with Crippen molar-refractivity contribution >= 4 is 27.3 Å². The van der Waals surface area contributed by atoms with E-state index in [4.69, 9.17) is 9.84 Å². The van der Waals surface area contributed by atoms with Crippen LogP contribution in [0.25, 0.3) is 0 Å². The van der Waals surface area contributed by atoms with Gasteiger partial charge in [-0.3, -0.25) is 0 Å². The molecule has 0 atom stereocenters. The minimum absolute atomic E-state index is 0.119. The number of ether oxygens (including phenoxy) is 1. The number of hydrogen-bond donors (Lipinski definition) is 1. The lowest BCUT2D eigenvalue weighted by atomic mass is 9.81. The van der Waals surface area contributed by atoms with Gasteiger partial charge in [-0.05, 0) is 37.1 Å². The zero-order valence-electron chi connectivity index (χ0n) is 15.2. The van der Waals surface area contributed by atoms with Crippen LogP contribution in [0.2, 0.25) is 0 Å². The Morgan fingerprint density at radius 3 is 2.48 bits per heavy atom. The number of benzene rings is 1. The summed E-state index contributed by atoms with van der Waals surface area (Å²) in [6.07, 6.45) is 1.80. The van der Waals surface area contributed by atoms with Crippen molar-refractivity contribution in [1.29, 1.82) is 0 Å². The van der Waals surface area contributed by atoms with Crippen LogP contribution < -0.4 is 4.74 Å². The summed E-state index contributed by atoms with van der Waals surface area (Å²) in [7, 11) is -3.22. The summed E-state index contributed by atoms with van der Waals surface area (Å²) in [5.41, 5.74) is 0.690. The molecule has 7 nitrogen and oxygen atoms in total. The molecule has 1 aromatic heterocycles. The molecule has 1 aliphatic rings. The fourth-order valence-corrected chi connectivity index (χ4v) is 4.65. The summed E-state index contributed by atoms with van der Waals surface area (Å²) >= 11 is 1.57. The third-order valence-electron chi connectivity index (χ3n) is 4.84. The highest BCUT2D eigenvalue weighted by Gasteiger charge is 2.35. The largest absolute Gasteiger partial charge is 0.487 e. The smallest absolute Gasteiger partial charge is 0.407 e. The van der Waals surface area contributed by atoms with Crippen molar-refractivity contribution in [3.63, 3.8) is 0 Å². The maximum absolute atomic E-state index is 11.5. The third kappa shape index (κ3) is 4.59. The van der Waals surface area contributed by atoms with Gasteiger partial charge in [0.25, 0.3) is 0 Å². The zero-order valence-corrected chi connectivity index (χ0v) is 16.8. The second kappa shape index (κ2) is 7.47. The molecule has 9 heteroatoms.